The van der Waals surface area contributed by atoms with Gasteiger partial charge >= 0.3 is 0 Å². The van der Waals surface area contributed by atoms with Gasteiger partial charge in [-0.15, -0.1) is 11.6 Å². The van der Waals surface area contributed by atoms with E-state index in [-0.39, 0.29) is 0 Å². The molecule has 5 heteroatoms. The van der Waals surface area contributed by atoms with E-state index in [2.05, 4.69) is 33.7 Å². The maximum atomic E-state index is 6.02. The first-order valence-electron chi connectivity index (χ1n) is 6.18. The van der Waals surface area contributed by atoms with Crippen LogP contribution in [0.2, 0.25) is 0 Å². The zero-order chi connectivity index (χ0) is 13.4. The van der Waals surface area contributed by atoms with E-state index in [0.717, 1.165) is 22.6 Å². The van der Waals surface area contributed by atoms with Crippen LogP contribution in [-0.4, -0.2) is 19.3 Å². The number of nitrogens with zero attached hydrogens (tertiary/aromatic N) is 4. The van der Waals surface area contributed by atoms with Crippen LogP contribution in [0, 0.1) is 6.92 Å². The normalized spacial score (nSPS) is 11.3. The standard InChI is InChI=1S/C14H15ClN4/c1-10-4-3-5-12-14(10)16-13(8-15)19(12)9-11-6-7-18(2)17-11/h3-7H,8-9H2,1-2H3. The van der Waals surface area contributed by atoms with Gasteiger partial charge in [0.15, 0.2) is 0 Å². The fourth-order valence-corrected chi connectivity index (χ4v) is 2.53. The van der Waals surface area contributed by atoms with Gasteiger partial charge in [-0.1, -0.05) is 12.1 Å². The highest BCUT2D eigenvalue weighted by Gasteiger charge is 2.12. The smallest absolute Gasteiger partial charge is 0.125 e. The zero-order valence-corrected chi connectivity index (χ0v) is 11.7. The Hall–Kier alpha value is -1.81. The van der Waals surface area contributed by atoms with Crippen LogP contribution >= 0.6 is 11.6 Å². The van der Waals surface area contributed by atoms with Crippen molar-refractivity contribution in [1.82, 2.24) is 19.3 Å². The Morgan fingerprint density at radius 1 is 1.26 bits per heavy atom. The molecule has 0 saturated heterocycles. The summed E-state index contributed by atoms with van der Waals surface area (Å²) >= 11 is 6.02. The molecule has 0 bridgehead atoms. The van der Waals surface area contributed by atoms with Gasteiger partial charge in [0.2, 0.25) is 0 Å². The molecule has 4 nitrogen and oxygen atoms in total. The number of hydrogen-bond donors (Lipinski definition) is 0. The van der Waals surface area contributed by atoms with Crippen LogP contribution in [-0.2, 0) is 19.5 Å². The number of benzene rings is 1. The SMILES string of the molecule is Cc1cccc2c1nc(CCl)n2Cc1ccn(C)n1. The lowest BCUT2D eigenvalue weighted by atomic mass is 10.2. The molecular formula is C14H15ClN4. The van der Waals surface area contributed by atoms with Gasteiger partial charge in [-0.05, 0) is 24.6 Å². The van der Waals surface area contributed by atoms with E-state index in [4.69, 9.17) is 11.6 Å². The molecule has 19 heavy (non-hydrogen) atoms. The van der Waals surface area contributed by atoms with Gasteiger partial charge in [-0.25, -0.2) is 4.98 Å². The number of imidazole rings is 1. The van der Waals surface area contributed by atoms with Crippen LogP contribution in [0.15, 0.2) is 30.5 Å². The van der Waals surface area contributed by atoms with Crippen molar-refractivity contribution in [3.8, 4) is 0 Å². The molecule has 0 N–H and O–H groups in total. The molecule has 0 aliphatic rings. The quantitative estimate of drug-likeness (QED) is 0.689. The average Bonchev–Trinajstić information content (AvgIpc) is 2.96. The molecule has 2 aromatic heterocycles. The Balaban J connectivity index is 2.13. The zero-order valence-electron chi connectivity index (χ0n) is 11.0. The summed E-state index contributed by atoms with van der Waals surface area (Å²) in [5.74, 6) is 1.29. The van der Waals surface area contributed by atoms with Gasteiger partial charge in [0.25, 0.3) is 0 Å². The van der Waals surface area contributed by atoms with Crippen LogP contribution in [0.3, 0.4) is 0 Å². The van der Waals surface area contributed by atoms with Crippen molar-refractivity contribution < 1.29 is 0 Å². The third kappa shape index (κ3) is 2.12. The van der Waals surface area contributed by atoms with Crippen molar-refractivity contribution in [2.24, 2.45) is 7.05 Å². The van der Waals surface area contributed by atoms with Crippen molar-refractivity contribution in [3.05, 3.63) is 47.5 Å². The molecule has 0 aliphatic carbocycles. The van der Waals surface area contributed by atoms with E-state index < -0.39 is 0 Å². The predicted molar refractivity (Wildman–Crippen MR) is 76.3 cm³/mol. The third-order valence-electron chi connectivity index (χ3n) is 3.27. The van der Waals surface area contributed by atoms with Gasteiger partial charge in [0, 0.05) is 13.2 Å². The highest BCUT2D eigenvalue weighted by atomic mass is 35.5. The fraction of sp³-hybridized carbons (Fsp3) is 0.286. The van der Waals surface area contributed by atoms with Crippen molar-refractivity contribution in [2.75, 3.05) is 0 Å². The molecule has 0 atom stereocenters. The lowest BCUT2D eigenvalue weighted by molar-refractivity contribution is 0.701. The Kier molecular flexibility index (Phi) is 3.03. The first-order chi connectivity index (χ1) is 9.19. The van der Waals surface area contributed by atoms with E-state index in [1.165, 1.54) is 5.56 Å². The third-order valence-corrected chi connectivity index (χ3v) is 3.51. The summed E-state index contributed by atoms with van der Waals surface area (Å²) in [7, 11) is 1.92. The second-order valence-electron chi connectivity index (χ2n) is 4.67. The van der Waals surface area contributed by atoms with E-state index in [9.17, 15) is 0 Å². The molecule has 1 aromatic carbocycles. The largest absolute Gasteiger partial charge is 0.321 e. The molecule has 0 aliphatic heterocycles. The topological polar surface area (TPSA) is 35.6 Å². The second-order valence-corrected chi connectivity index (χ2v) is 4.94. The van der Waals surface area contributed by atoms with Gasteiger partial charge < -0.3 is 4.57 Å². The second kappa shape index (κ2) is 4.70. The molecule has 98 valence electrons. The number of aromatic nitrogens is 4. The van der Waals surface area contributed by atoms with Crippen LogP contribution in [0.5, 0.6) is 0 Å². The van der Waals surface area contributed by atoms with Gasteiger partial charge in [-0.3, -0.25) is 4.68 Å². The lowest BCUT2D eigenvalue weighted by Crippen LogP contribution is -2.05. The van der Waals surface area contributed by atoms with Crippen molar-refractivity contribution in [1.29, 1.82) is 0 Å². The lowest BCUT2D eigenvalue weighted by Gasteiger charge is -2.05. The Morgan fingerprint density at radius 3 is 2.79 bits per heavy atom. The summed E-state index contributed by atoms with van der Waals surface area (Å²) in [6.45, 7) is 2.77. The number of hydrogen-bond acceptors (Lipinski definition) is 2. The first-order valence-corrected chi connectivity index (χ1v) is 6.71. The van der Waals surface area contributed by atoms with Crippen molar-refractivity contribution >= 4 is 22.6 Å². The summed E-state index contributed by atoms with van der Waals surface area (Å²) in [6.07, 6.45) is 1.94. The Bertz CT molecular complexity index is 726. The number of alkyl halides is 1. The van der Waals surface area contributed by atoms with Gasteiger partial charge in [0.1, 0.15) is 5.82 Å². The Labute approximate surface area is 116 Å². The summed E-state index contributed by atoms with van der Waals surface area (Å²) in [4.78, 5) is 4.63. The minimum atomic E-state index is 0.404. The average molecular weight is 275 g/mol. The van der Waals surface area contributed by atoms with Crippen LogP contribution in [0.4, 0.5) is 0 Å². The predicted octanol–water partition coefficient (Wildman–Crippen LogP) is 2.87. The number of aryl methyl sites for hydroxylation is 2. The molecule has 0 saturated carbocycles. The molecule has 0 amide bonds. The molecule has 0 spiro atoms. The molecule has 0 fully saturated rings. The van der Waals surface area contributed by atoms with E-state index in [1.54, 1.807) is 4.68 Å². The highest BCUT2D eigenvalue weighted by molar-refractivity contribution is 6.16. The molecule has 2 heterocycles. The number of para-hydroxylation sites is 1. The molecular weight excluding hydrogens is 260 g/mol. The summed E-state index contributed by atoms with van der Waals surface area (Å²) in [5, 5.41) is 4.42. The maximum Gasteiger partial charge on any atom is 0.125 e. The van der Waals surface area contributed by atoms with Crippen LogP contribution in [0.1, 0.15) is 17.1 Å². The number of rotatable bonds is 3. The number of halogens is 1. The minimum absolute atomic E-state index is 0.404. The van der Waals surface area contributed by atoms with Gasteiger partial charge in [0.05, 0.1) is 29.2 Å². The summed E-state index contributed by atoms with van der Waals surface area (Å²) < 4.78 is 3.94. The molecule has 3 aromatic rings. The molecule has 0 radical (unpaired) electrons. The monoisotopic (exact) mass is 274 g/mol. The van der Waals surface area contributed by atoms with E-state index >= 15 is 0 Å². The molecule has 0 unspecified atom stereocenters. The van der Waals surface area contributed by atoms with E-state index in [0.29, 0.717) is 12.4 Å². The summed E-state index contributed by atoms with van der Waals surface area (Å²) in [6, 6.07) is 8.21. The molecule has 3 rings (SSSR count). The fourth-order valence-electron chi connectivity index (χ4n) is 2.32. The maximum absolute atomic E-state index is 6.02. The van der Waals surface area contributed by atoms with Crippen LogP contribution < -0.4 is 0 Å². The van der Waals surface area contributed by atoms with E-state index in [1.807, 2.05) is 25.4 Å². The van der Waals surface area contributed by atoms with Crippen molar-refractivity contribution in [2.45, 2.75) is 19.3 Å². The Morgan fingerprint density at radius 2 is 2.11 bits per heavy atom. The number of fused-ring (bicyclic) bond motifs is 1. The summed E-state index contributed by atoms with van der Waals surface area (Å²) in [5.41, 5.74) is 4.31. The van der Waals surface area contributed by atoms with Crippen molar-refractivity contribution in [3.63, 3.8) is 0 Å². The highest BCUT2D eigenvalue weighted by Crippen LogP contribution is 2.21. The minimum Gasteiger partial charge on any atom is -0.321 e. The van der Waals surface area contributed by atoms with Crippen LogP contribution in [0.25, 0.3) is 11.0 Å². The van der Waals surface area contributed by atoms with Gasteiger partial charge in [-0.2, -0.15) is 5.10 Å². The first kappa shape index (κ1) is 12.2.